The number of ether oxygens (including phenoxy) is 1. The van der Waals surface area contributed by atoms with Gasteiger partial charge in [-0.2, -0.15) is 13.2 Å². The van der Waals surface area contributed by atoms with E-state index < -0.39 is 46.7 Å². The van der Waals surface area contributed by atoms with Crippen LogP contribution in [0.5, 0.6) is 5.75 Å². The second-order valence-corrected chi connectivity index (χ2v) is 6.44. The Hall–Kier alpha value is -3.34. The number of hydrogen-bond donors (Lipinski definition) is 1. The van der Waals surface area contributed by atoms with Gasteiger partial charge < -0.3 is 15.0 Å². The van der Waals surface area contributed by atoms with Crippen molar-refractivity contribution in [3.05, 3.63) is 63.2 Å². The van der Waals surface area contributed by atoms with Crippen LogP contribution >= 0.6 is 11.6 Å². The maximum atomic E-state index is 12.9. The van der Waals surface area contributed by atoms with E-state index in [1.807, 2.05) is 0 Å². The number of anilines is 1. The normalized spacial score (nSPS) is 11.0. The largest absolute Gasteiger partial charge is 0.484 e. The zero-order valence-electron chi connectivity index (χ0n) is 15.4. The molecule has 2 aromatic carbocycles. The summed E-state index contributed by atoms with van der Waals surface area (Å²) in [6.07, 6.45) is -4.68. The van der Waals surface area contributed by atoms with Crippen molar-refractivity contribution in [3.63, 3.8) is 0 Å². The highest BCUT2D eigenvalue weighted by atomic mass is 35.5. The maximum Gasteiger partial charge on any atom is 0.417 e. The van der Waals surface area contributed by atoms with Gasteiger partial charge in [0.1, 0.15) is 5.75 Å². The number of hydrogen-bond acceptors (Lipinski definition) is 5. The minimum absolute atomic E-state index is 0.125. The molecule has 0 heterocycles. The Morgan fingerprint density at radius 3 is 2.40 bits per heavy atom. The predicted molar refractivity (Wildman–Crippen MR) is 101 cm³/mol. The fraction of sp³-hybridized carbons (Fsp3) is 0.222. The number of benzene rings is 2. The zero-order valence-corrected chi connectivity index (χ0v) is 16.2. The molecule has 2 amide bonds. The number of likely N-dealkylation sites (N-methyl/N-ethyl adjacent to an activating group) is 1. The quantitative estimate of drug-likeness (QED) is 0.516. The van der Waals surface area contributed by atoms with Gasteiger partial charge in [0, 0.05) is 24.9 Å². The average molecular weight is 446 g/mol. The minimum atomic E-state index is -4.68. The third-order valence-electron chi connectivity index (χ3n) is 3.77. The molecule has 30 heavy (non-hydrogen) atoms. The van der Waals surface area contributed by atoms with Gasteiger partial charge >= 0.3 is 6.18 Å². The van der Waals surface area contributed by atoms with Gasteiger partial charge in [0.15, 0.2) is 6.61 Å². The lowest BCUT2D eigenvalue weighted by molar-refractivity contribution is -0.384. The standard InChI is InChI=1S/C18H15ClF3N3O5/c1-24(17(27)10-30-13-5-3-12(4-6-13)25(28)29)9-16(26)23-11-2-7-15(19)14(8-11)18(20,21)22/h2-8H,9-10H2,1H3,(H,23,26). The number of carbonyl (C=O) groups is 2. The van der Waals surface area contributed by atoms with Crippen molar-refractivity contribution in [2.24, 2.45) is 0 Å². The number of nitrogens with zero attached hydrogens (tertiary/aromatic N) is 2. The summed E-state index contributed by atoms with van der Waals surface area (Å²) in [7, 11) is 1.31. The molecular formula is C18H15ClF3N3O5. The Kier molecular flexibility index (Phi) is 7.22. The molecule has 0 spiro atoms. The first-order chi connectivity index (χ1) is 14.0. The van der Waals surface area contributed by atoms with E-state index in [0.717, 1.165) is 11.0 Å². The van der Waals surface area contributed by atoms with Crippen molar-refractivity contribution >= 4 is 34.8 Å². The van der Waals surface area contributed by atoms with E-state index in [9.17, 15) is 32.9 Å². The third kappa shape index (κ3) is 6.34. The number of halogens is 4. The molecule has 0 aliphatic heterocycles. The molecule has 0 aromatic heterocycles. The summed E-state index contributed by atoms with van der Waals surface area (Å²) in [5.41, 5.74) is -1.36. The van der Waals surface area contributed by atoms with E-state index in [-0.39, 0.29) is 17.1 Å². The van der Waals surface area contributed by atoms with Crippen molar-refractivity contribution < 1.29 is 32.4 Å². The van der Waals surface area contributed by atoms with Crippen LogP contribution in [0.2, 0.25) is 5.02 Å². The van der Waals surface area contributed by atoms with E-state index in [0.29, 0.717) is 6.07 Å². The molecule has 0 atom stereocenters. The van der Waals surface area contributed by atoms with E-state index >= 15 is 0 Å². The summed E-state index contributed by atoms with van der Waals surface area (Å²) >= 11 is 5.52. The summed E-state index contributed by atoms with van der Waals surface area (Å²) in [5.74, 6) is -1.10. The Balaban J connectivity index is 1.89. The fourth-order valence-corrected chi connectivity index (χ4v) is 2.47. The average Bonchev–Trinajstić information content (AvgIpc) is 2.66. The van der Waals surface area contributed by atoms with Crippen LogP contribution in [0, 0.1) is 10.1 Å². The molecule has 1 N–H and O–H groups in total. The van der Waals surface area contributed by atoms with Crippen molar-refractivity contribution in [1.29, 1.82) is 0 Å². The molecule has 0 bridgehead atoms. The first-order valence-electron chi connectivity index (χ1n) is 8.25. The number of amides is 2. The predicted octanol–water partition coefficient (Wildman–Crippen LogP) is 3.74. The Morgan fingerprint density at radius 2 is 1.83 bits per heavy atom. The first-order valence-corrected chi connectivity index (χ1v) is 8.63. The highest BCUT2D eigenvalue weighted by Gasteiger charge is 2.33. The van der Waals surface area contributed by atoms with Crippen LogP contribution in [-0.2, 0) is 15.8 Å². The number of nitro benzene ring substituents is 1. The second kappa shape index (κ2) is 9.44. The van der Waals surface area contributed by atoms with E-state index in [1.165, 1.54) is 37.4 Å². The third-order valence-corrected chi connectivity index (χ3v) is 4.10. The molecule has 8 nitrogen and oxygen atoms in total. The maximum absolute atomic E-state index is 12.9. The number of non-ortho nitro benzene ring substituents is 1. The van der Waals surface area contributed by atoms with Crippen molar-refractivity contribution in [2.45, 2.75) is 6.18 Å². The molecule has 0 unspecified atom stereocenters. The molecule has 0 aliphatic rings. The molecule has 2 rings (SSSR count). The summed E-state index contributed by atoms with van der Waals surface area (Å²) in [6, 6.07) is 7.95. The van der Waals surface area contributed by atoms with Crippen molar-refractivity contribution in [1.82, 2.24) is 4.90 Å². The van der Waals surface area contributed by atoms with Crippen LogP contribution in [0.4, 0.5) is 24.5 Å². The van der Waals surface area contributed by atoms with Crippen LogP contribution in [0.1, 0.15) is 5.56 Å². The van der Waals surface area contributed by atoms with Crippen molar-refractivity contribution in [3.8, 4) is 5.75 Å². The van der Waals surface area contributed by atoms with Gasteiger partial charge in [0.25, 0.3) is 11.6 Å². The Labute approximate surface area is 173 Å². The monoisotopic (exact) mass is 445 g/mol. The molecule has 0 fully saturated rings. The second-order valence-electron chi connectivity index (χ2n) is 6.03. The van der Waals surface area contributed by atoms with Gasteiger partial charge in [-0.25, -0.2) is 0 Å². The summed E-state index contributed by atoms with van der Waals surface area (Å²) in [5, 5.41) is 12.3. The minimum Gasteiger partial charge on any atom is -0.484 e. The number of nitrogens with one attached hydrogen (secondary N) is 1. The van der Waals surface area contributed by atoms with Gasteiger partial charge in [0.05, 0.1) is 22.1 Å². The summed E-state index contributed by atoms with van der Waals surface area (Å²) in [4.78, 5) is 35.1. The molecule has 0 saturated heterocycles. The van der Waals surface area contributed by atoms with E-state index in [2.05, 4.69) is 5.32 Å². The van der Waals surface area contributed by atoms with Gasteiger partial charge in [-0.3, -0.25) is 19.7 Å². The fourth-order valence-electron chi connectivity index (χ4n) is 2.24. The van der Waals surface area contributed by atoms with Gasteiger partial charge in [0.2, 0.25) is 5.91 Å². The number of nitro groups is 1. The highest BCUT2D eigenvalue weighted by molar-refractivity contribution is 6.31. The van der Waals surface area contributed by atoms with Gasteiger partial charge in [-0.05, 0) is 30.3 Å². The highest BCUT2D eigenvalue weighted by Crippen LogP contribution is 2.36. The molecule has 2 aromatic rings. The van der Waals surface area contributed by atoms with Crippen molar-refractivity contribution in [2.75, 3.05) is 25.5 Å². The Morgan fingerprint density at radius 1 is 1.20 bits per heavy atom. The molecular weight excluding hydrogens is 431 g/mol. The molecule has 160 valence electrons. The lowest BCUT2D eigenvalue weighted by atomic mass is 10.2. The number of rotatable bonds is 7. The molecule has 12 heteroatoms. The van der Waals surface area contributed by atoms with Gasteiger partial charge in [-0.15, -0.1) is 0 Å². The van der Waals surface area contributed by atoms with Gasteiger partial charge in [-0.1, -0.05) is 11.6 Å². The first kappa shape index (κ1) is 22.9. The zero-order chi connectivity index (χ0) is 22.5. The van der Waals surface area contributed by atoms with Crippen LogP contribution in [-0.4, -0.2) is 41.8 Å². The lowest BCUT2D eigenvalue weighted by Crippen LogP contribution is -2.37. The summed E-state index contributed by atoms with van der Waals surface area (Å²) in [6.45, 7) is -0.882. The molecule has 0 aliphatic carbocycles. The van der Waals surface area contributed by atoms with Crippen LogP contribution in [0.15, 0.2) is 42.5 Å². The molecule has 0 radical (unpaired) electrons. The van der Waals surface area contributed by atoms with Crippen LogP contribution in [0.3, 0.4) is 0 Å². The van der Waals surface area contributed by atoms with Crippen LogP contribution in [0.25, 0.3) is 0 Å². The molecule has 0 saturated carbocycles. The summed E-state index contributed by atoms with van der Waals surface area (Å²) < 4.78 is 43.8. The number of alkyl halides is 3. The topological polar surface area (TPSA) is 102 Å². The van der Waals surface area contributed by atoms with E-state index in [1.54, 1.807) is 0 Å². The van der Waals surface area contributed by atoms with Crippen LogP contribution < -0.4 is 10.1 Å². The number of carbonyl (C=O) groups excluding carboxylic acids is 2. The smallest absolute Gasteiger partial charge is 0.417 e. The Bertz CT molecular complexity index is 951. The lowest BCUT2D eigenvalue weighted by Gasteiger charge is -2.17. The van der Waals surface area contributed by atoms with E-state index in [4.69, 9.17) is 16.3 Å². The SMILES string of the molecule is CN(CC(=O)Nc1ccc(Cl)c(C(F)(F)F)c1)C(=O)COc1ccc([N+](=O)[O-])cc1.